The zero-order valence-corrected chi connectivity index (χ0v) is 14.1. The largest absolute Gasteiger partial charge is 0.416 e. The molecule has 1 N–H and O–H groups in total. The molecule has 2 aromatic carbocycles. The molecule has 1 heterocycles. The van der Waals surface area contributed by atoms with Gasteiger partial charge in [-0.05, 0) is 35.9 Å². The van der Waals surface area contributed by atoms with Crippen molar-refractivity contribution < 1.29 is 27.2 Å². The normalized spacial score (nSPS) is 17.3. The Hall–Kier alpha value is -2.90. The highest BCUT2D eigenvalue weighted by molar-refractivity contribution is 5.97. The molecule has 1 unspecified atom stereocenters. The SMILES string of the molecule is O=C(Nc1cccc(C(F)(F)F)c1)C1CC(=O)N(Cc2ccc(F)cc2)C1. The van der Waals surface area contributed by atoms with Crippen LogP contribution in [0.1, 0.15) is 17.5 Å². The number of nitrogens with one attached hydrogen (secondary N) is 1. The molecule has 0 spiro atoms. The van der Waals surface area contributed by atoms with Gasteiger partial charge in [0.15, 0.2) is 0 Å². The Morgan fingerprint density at radius 2 is 1.85 bits per heavy atom. The summed E-state index contributed by atoms with van der Waals surface area (Å²) in [4.78, 5) is 25.9. The Labute approximate surface area is 152 Å². The number of benzene rings is 2. The van der Waals surface area contributed by atoms with E-state index >= 15 is 0 Å². The number of likely N-dealkylation sites (tertiary alicyclic amines) is 1. The fourth-order valence-corrected chi connectivity index (χ4v) is 2.93. The fraction of sp³-hybridized carbons (Fsp3) is 0.263. The molecular formula is C19H16F4N2O2. The zero-order valence-electron chi connectivity index (χ0n) is 14.1. The first-order valence-corrected chi connectivity index (χ1v) is 8.23. The lowest BCUT2D eigenvalue weighted by Gasteiger charge is -2.17. The maximum atomic E-state index is 13.0. The number of carbonyl (C=O) groups is 2. The van der Waals surface area contributed by atoms with Gasteiger partial charge in [0.1, 0.15) is 5.82 Å². The summed E-state index contributed by atoms with van der Waals surface area (Å²) in [5, 5.41) is 2.44. The van der Waals surface area contributed by atoms with E-state index in [1.54, 1.807) is 12.1 Å². The van der Waals surface area contributed by atoms with Crippen LogP contribution in [0.15, 0.2) is 48.5 Å². The van der Waals surface area contributed by atoms with E-state index in [1.165, 1.54) is 29.2 Å². The van der Waals surface area contributed by atoms with Gasteiger partial charge in [-0.15, -0.1) is 0 Å². The molecule has 0 radical (unpaired) electrons. The second kappa shape index (κ2) is 7.38. The summed E-state index contributed by atoms with van der Waals surface area (Å²) in [6.07, 6.45) is -4.53. The van der Waals surface area contributed by atoms with Crippen molar-refractivity contribution in [3.05, 3.63) is 65.5 Å². The monoisotopic (exact) mass is 380 g/mol. The number of hydrogen-bond acceptors (Lipinski definition) is 2. The summed E-state index contributed by atoms with van der Waals surface area (Å²) in [5.74, 6) is -1.79. The van der Waals surface area contributed by atoms with Crippen LogP contribution >= 0.6 is 0 Å². The second-order valence-corrected chi connectivity index (χ2v) is 6.37. The van der Waals surface area contributed by atoms with E-state index in [9.17, 15) is 27.2 Å². The van der Waals surface area contributed by atoms with Crippen LogP contribution in [0, 0.1) is 11.7 Å². The van der Waals surface area contributed by atoms with Crippen LogP contribution in [0.2, 0.25) is 0 Å². The lowest BCUT2D eigenvalue weighted by Crippen LogP contribution is -2.28. The maximum absolute atomic E-state index is 13.0. The smallest absolute Gasteiger partial charge is 0.338 e. The van der Waals surface area contributed by atoms with Gasteiger partial charge in [0, 0.05) is 25.2 Å². The number of halogens is 4. The Bertz CT molecular complexity index is 850. The summed E-state index contributed by atoms with van der Waals surface area (Å²) in [7, 11) is 0. The number of alkyl halides is 3. The molecule has 8 heteroatoms. The Kier molecular flexibility index (Phi) is 5.16. The summed E-state index contributed by atoms with van der Waals surface area (Å²) in [5.41, 5.74) is -0.108. The molecular weight excluding hydrogens is 364 g/mol. The first-order valence-electron chi connectivity index (χ1n) is 8.23. The first kappa shape index (κ1) is 18.9. The lowest BCUT2D eigenvalue weighted by atomic mass is 10.1. The van der Waals surface area contributed by atoms with E-state index in [0.29, 0.717) is 0 Å². The summed E-state index contributed by atoms with van der Waals surface area (Å²) < 4.78 is 51.2. The maximum Gasteiger partial charge on any atom is 0.416 e. The van der Waals surface area contributed by atoms with Gasteiger partial charge in [0.2, 0.25) is 11.8 Å². The zero-order chi connectivity index (χ0) is 19.6. The molecule has 1 atom stereocenters. The summed E-state index contributed by atoms with van der Waals surface area (Å²) >= 11 is 0. The average Bonchev–Trinajstić information content (AvgIpc) is 2.97. The van der Waals surface area contributed by atoms with Crippen molar-refractivity contribution in [2.24, 2.45) is 5.92 Å². The van der Waals surface area contributed by atoms with E-state index in [4.69, 9.17) is 0 Å². The third kappa shape index (κ3) is 4.64. The number of anilines is 1. The van der Waals surface area contributed by atoms with Crippen LogP contribution < -0.4 is 5.32 Å². The van der Waals surface area contributed by atoms with Gasteiger partial charge >= 0.3 is 6.18 Å². The third-order valence-electron chi connectivity index (χ3n) is 4.33. The highest BCUT2D eigenvalue weighted by Crippen LogP contribution is 2.31. The molecule has 2 aromatic rings. The summed E-state index contributed by atoms with van der Waals surface area (Å²) in [6, 6.07) is 10.0. The number of nitrogens with zero attached hydrogens (tertiary/aromatic N) is 1. The number of hydrogen-bond donors (Lipinski definition) is 1. The molecule has 0 aliphatic carbocycles. The van der Waals surface area contributed by atoms with E-state index in [0.717, 1.165) is 17.7 Å². The van der Waals surface area contributed by atoms with Gasteiger partial charge in [0.05, 0.1) is 11.5 Å². The predicted octanol–water partition coefficient (Wildman–Crippen LogP) is 3.83. The molecule has 27 heavy (non-hydrogen) atoms. The molecule has 4 nitrogen and oxygen atoms in total. The molecule has 1 fully saturated rings. The third-order valence-corrected chi connectivity index (χ3v) is 4.33. The predicted molar refractivity (Wildman–Crippen MR) is 90.0 cm³/mol. The minimum atomic E-state index is -4.50. The second-order valence-electron chi connectivity index (χ2n) is 6.37. The van der Waals surface area contributed by atoms with Crippen LogP contribution in [0.4, 0.5) is 23.2 Å². The van der Waals surface area contributed by atoms with Crippen molar-refractivity contribution in [2.45, 2.75) is 19.1 Å². The topological polar surface area (TPSA) is 49.4 Å². The minimum Gasteiger partial charge on any atom is -0.338 e. The van der Waals surface area contributed by atoms with Gasteiger partial charge in [-0.2, -0.15) is 13.2 Å². The van der Waals surface area contributed by atoms with Crippen molar-refractivity contribution in [3.8, 4) is 0 Å². The van der Waals surface area contributed by atoms with Gasteiger partial charge in [0.25, 0.3) is 0 Å². The fourth-order valence-electron chi connectivity index (χ4n) is 2.93. The van der Waals surface area contributed by atoms with Crippen LogP contribution in [-0.4, -0.2) is 23.3 Å². The van der Waals surface area contributed by atoms with E-state index in [1.807, 2.05) is 0 Å². The van der Waals surface area contributed by atoms with Crippen LogP contribution in [0.25, 0.3) is 0 Å². The van der Waals surface area contributed by atoms with Crippen LogP contribution in [0.3, 0.4) is 0 Å². The number of carbonyl (C=O) groups excluding carboxylic acids is 2. The Balaban J connectivity index is 1.63. The average molecular weight is 380 g/mol. The molecule has 142 valence electrons. The minimum absolute atomic E-state index is 0.0218. The van der Waals surface area contributed by atoms with Crippen molar-refractivity contribution in [1.82, 2.24) is 4.90 Å². The molecule has 1 saturated heterocycles. The van der Waals surface area contributed by atoms with E-state index in [-0.39, 0.29) is 36.9 Å². The summed E-state index contributed by atoms with van der Waals surface area (Å²) in [6.45, 7) is 0.396. The van der Waals surface area contributed by atoms with Gasteiger partial charge in [-0.1, -0.05) is 18.2 Å². The quantitative estimate of drug-likeness (QED) is 0.820. The highest BCUT2D eigenvalue weighted by atomic mass is 19.4. The van der Waals surface area contributed by atoms with E-state index in [2.05, 4.69) is 5.32 Å². The van der Waals surface area contributed by atoms with Gasteiger partial charge < -0.3 is 10.2 Å². The van der Waals surface area contributed by atoms with Crippen molar-refractivity contribution >= 4 is 17.5 Å². The Morgan fingerprint density at radius 3 is 2.52 bits per heavy atom. The molecule has 1 aliphatic rings. The highest BCUT2D eigenvalue weighted by Gasteiger charge is 2.35. The van der Waals surface area contributed by atoms with Crippen molar-refractivity contribution in [3.63, 3.8) is 0 Å². The number of amides is 2. The standard InChI is InChI=1S/C19H16F4N2O2/c20-15-6-4-12(5-7-15)10-25-11-13(8-17(25)26)18(27)24-16-3-1-2-14(9-16)19(21,22)23/h1-7,9,13H,8,10-11H2,(H,24,27). The van der Waals surface area contributed by atoms with Crippen molar-refractivity contribution in [1.29, 1.82) is 0 Å². The number of rotatable bonds is 4. The molecule has 3 rings (SSSR count). The molecule has 0 saturated carbocycles. The first-order chi connectivity index (χ1) is 12.7. The Morgan fingerprint density at radius 1 is 1.15 bits per heavy atom. The molecule has 0 bridgehead atoms. The molecule has 1 aliphatic heterocycles. The van der Waals surface area contributed by atoms with E-state index < -0.39 is 23.6 Å². The van der Waals surface area contributed by atoms with Crippen LogP contribution in [-0.2, 0) is 22.3 Å². The lowest BCUT2D eigenvalue weighted by molar-refractivity contribution is -0.137. The molecule has 2 amide bonds. The van der Waals surface area contributed by atoms with Gasteiger partial charge in [-0.3, -0.25) is 9.59 Å². The van der Waals surface area contributed by atoms with Crippen LogP contribution in [0.5, 0.6) is 0 Å². The van der Waals surface area contributed by atoms with Crippen molar-refractivity contribution in [2.75, 3.05) is 11.9 Å². The molecule has 0 aromatic heterocycles. The van der Waals surface area contributed by atoms with Gasteiger partial charge in [-0.25, -0.2) is 4.39 Å².